The van der Waals surface area contributed by atoms with Gasteiger partial charge in [0, 0.05) is 56.7 Å². The molecule has 1 saturated heterocycles. The molecule has 1 aliphatic rings. The number of hydrogen-bond donors (Lipinski definition) is 2. The number of hydrogen-bond acceptors (Lipinski definition) is 3. The molecule has 2 aromatic rings. The second-order valence-electron chi connectivity index (χ2n) is 7.54. The number of benzene rings is 1. The van der Waals surface area contributed by atoms with E-state index >= 15 is 0 Å². The van der Waals surface area contributed by atoms with Crippen molar-refractivity contribution in [2.45, 2.75) is 52.1 Å². The minimum absolute atomic E-state index is 0. The van der Waals surface area contributed by atoms with Crippen LogP contribution in [0.5, 0.6) is 0 Å². The Morgan fingerprint density at radius 2 is 2.10 bits per heavy atom. The van der Waals surface area contributed by atoms with Crippen LogP contribution in [0, 0.1) is 5.82 Å². The minimum atomic E-state index is -0.190. The summed E-state index contributed by atoms with van der Waals surface area (Å²) in [7, 11) is 3.81. The van der Waals surface area contributed by atoms with E-state index in [4.69, 9.17) is 0 Å². The van der Waals surface area contributed by atoms with Crippen LogP contribution in [0.15, 0.2) is 29.3 Å². The molecule has 0 spiro atoms. The Bertz CT molecular complexity index is 850. The number of nitrogens with zero attached hydrogens (tertiary/aromatic N) is 4. The van der Waals surface area contributed by atoms with E-state index in [2.05, 4.69) is 39.5 Å². The maximum Gasteiger partial charge on any atom is 0.191 e. The van der Waals surface area contributed by atoms with Gasteiger partial charge in [0.05, 0.1) is 5.69 Å². The first kappa shape index (κ1) is 24.4. The largest absolute Gasteiger partial charge is 0.369 e. The summed E-state index contributed by atoms with van der Waals surface area (Å²) in [6.45, 7) is 6.79. The molecule has 6 nitrogen and oxygen atoms in total. The fourth-order valence-electron chi connectivity index (χ4n) is 4.16. The van der Waals surface area contributed by atoms with E-state index in [1.54, 1.807) is 19.2 Å². The minimum Gasteiger partial charge on any atom is -0.369 e. The molecule has 0 saturated carbocycles. The number of guanidine groups is 1. The van der Waals surface area contributed by atoms with Gasteiger partial charge in [0.2, 0.25) is 0 Å². The van der Waals surface area contributed by atoms with Crippen molar-refractivity contribution in [2.24, 2.45) is 12.0 Å². The summed E-state index contributed by atoms with van der Waals surface area (Å²) in [6, 6.07) is 7.11. The highest BCUT2D eigenvalue weighted by Crippen LogP contribution is 2.21. The number of aromatic nitrogens is 2. The van der Waals surface area contributed by atoms with Crippen LogP contribution in [0.2, 0.25) is 0 Å². The van der Waals surface area contributed by atoms with Crippen LogP contribution in [0.3, 0.4) is 0 Å². The molecule has 8 heteroatoms. The number of aryl methyl sites for hydroxylation is 2. The molecule has 1 atom stereocenters. The SMILES string of the molecule is CCc1nn(C)c(CC)c1CNC(=NC)NC1CCCN(c2cccc(F)c2)C1.I. The predicted molar refractivity (Wildman–Crippen MR) is 132 cm³/mol. The first-order valence-electron chi connectivity index (χ1n) is 10.6. The normalized spacial score (nSPS) is 16.9. The zero-order valence-electron chi connectivity index (χ0n) is 18.4. The molecule has 1 aromatic carbocycles. The van der Waals surface area contributed by atoms with Gasteiger partial charge in [-0.15, -0.1) is 24.0 Å². The summed E-state index contributed by atoms with van der Waals surface area (Å²) in [4.78, 5) is 6.65. The summed E-state index contributed by atoms with van der Waals surface area (Å²) in [5, 5.41) is 11.7. The van der Waals surface area contributed by atoms with Crippen LogP contribution in [0.1, 0.15) is 43.6 Å². The second kappa shape index (κ2) is 11.5. The maximum absolute atomic E-state index is 13.6. The van der Waals surface area contributed by atoms with Crippen LogP contribution in [-0.2, 0) is 26.4 Å². The van der Waals surface area contributed by atoms with Crippen LogP contribution in [0.4, 0.5) is 10.1 Å². The van der Waals surface area contributed by atoms with Crippen molar-refractivity contribution in [3.8, 4) is 0 Å². The van der Waals surface area contributed by atoms with E-state index in [-0.39, 0.29) is 35.8 Å². The molecule has 1 unspecified atom stereocenters. The summed E-state index contributed by atoms with van der Waals surface area (Å²) in [5.74, 6) is 0.606. The highest BCUT2D eigenvalue weighted by molar-refractivity contribution is 14.0. The quantitative estimate of drug-likeness (QED) is 0.342. The third-order valence-electron chi connectivity index (χ3n) is 5.62. The Balaban J connectivity index is 0.00000320. The molecule has 30 heavy (non-hydrogen) atoms. The van der Waals surface area contributed by atoms with E-state index in [0.717, 1.165) is 56.1 Å². The standard InChI is InChI=1S/C22H33FN6.HI/c1-5-20-19(21(6-2)28(4)27-20)14-25-22(24-3)26-17-10-8-12-29(15-17)18-11-7-9-16(23)13-18;/h7,9,11,13,17H,5-6,8,10,12,14-15H2,1-4H3,(H2,24,25,26);1H. The monoisotopic (exact) mass is 528 g/mol. The van der Waals surface area contributed by atoms with Crippen LogP contribution < -0.4 is 15.5 Å². The summed E-state index contributed by atoms with van der Waals surface area (Å²) in [5.41, 5.74) is 4.61. The van der Waals surface area contributed by atoms with Gasteiger partial charge in [-0.05, 0) is 43.9 Å². The molecule has 0 bridgehead atoms. The lowest BCUT2D eigenvalue weighted by molar-refractivity contribution is 0.467. The highest BCUT2D eigenvalue weighted by atomic mass is 127. The van der Waals surface area contributed by atoms with Crippen molar-refractivity contribution in [1.82, 2.24) is 20.4 Å². The second-order valence-corrected chi connectivity index (χ2v) is 7.54. The molecule has 0 aliphatic carbocycles. The summed E-state index contributed by atoms with van der Waals surface area (Å²) >= 11 is 0. The number of anilines is 1. The number of halogens is 2. The molecule has 1 fully saturated rings. The number of nitrogens with one attached hydrogen (secondary N) is 2. The third kappa shape index (κ3) is 5.86. The zero-order chi connectivity index (χ0) is 20.8. The zero-order valence-corrected chi connectivity index (χ0v) is 20.7. The number of piperidine rings is 1. The van der Waals surface area contributed by atoms with Gasteiger partial charge >= 0.3 is 0 Å². The van der Waals surface area contributed by atoms with Crippen molar-refractivity contribution in [3.05, 3.63) is 47.0 Å². The number of aliphatic imine (C=N–C) groups is 1. The van der Waals surface area contributed by atoms with Crippen molar-refractivity contribution in [2.75, 3.05) is 25.0 Å². The first-order valence-corrected chi connectivity index (χ1v) is 10.6. The molecule has 2 heterocycles. The van der Waals surface area contributed by atoms with E-state index < -0.39 is 0 Å². The molecule has 0 radical (unpaired) electrons. The van der Waals surface area contributed by atoms with Crippen molar-refractivity contribution >= 4 is 35.6 Å². The van der Waals surface area contributed by atoms with E-state index in [9.17, 15) is 4.39 Å². The van der Waals surface area contributed by atoms with Gasteiger partial charge in [0.15, 0.2) is 5.96 Å². The van der Waals surface area contributed by atoms with Crippen molar-refractivity contribution < 1.29 is 4.39 Å². The smallest absolute Gasteiger partial charge is 0.191 e. The molecule has 0 amide bonds. The van der Waals surface area contributed by atoms with Crippen molar-refractivity contribution in [3.63, 3.8) is 0 Å². The highest BCUT2D eigenvalue weighted by Gasteiger charge is 2.22. The van der Waals surface area contributed by atoms with E-state index in [0.29, 0.717) is 6.54 Å². The van der Waals surface area contributed by atoms with Gasteiger partial charge in [-0.25, -0.2) is 4.39 Å². The Kier molecular flexibility index (Phi) is 9.38. The lowest BCUT2D eigenvalue weighted by atomic mass is 10.0. The number of rotatable bonds is 6. The molecular formula is C22H34FIN6. The Hall–Kier alpha value is -1.84. The lowest BCUT2D eigenvalue weighted by Crippen LogP contribution is -2.51. The average molecular weight is 528 g/mol. The summed E-state index contributed by atoms with van der Waals surface area (Å²) < 4.78 is 15.6. The Morgan fingerprint density at radius 3 is 2.77 bits per heavy atom. The van der Waals surface area contributed by atoms with Gasteiger partial charge < -0.3 is 15.5 Å². The Morgan fingerprint density at radius 1 is 1.30 bits per heavy atom. The molecule has 166 valence electrons. The molecule has 1 aliphatic heterocycles. The van der Waals surface area contributed by atoms with E-state index in [1.165, 1.54) is 17.3 Å². The maximum atomic E-state index is 13.6. The van der Waals surface area contributed by atoms with Crippen LogP contribution in [-0.4, -0.2) is 41.9 Å². The lowest BCUT2D eigenvalue weighted by Gasteiger charge is -2.35. The molecule has 1 aromatic heterocycles. The predicted octanol–water partition coefficient (Wildman–Crippen LogP) is 3.64. The topological polar surface area (TPSA) is 57.5 Å². The molecule has 2 N–H and O–H groups in total. The van der Waals surface area contributed by atoms with Crippen LogP contribution >= 0.6 is 24.0 Å². The fourth-order valence-corrected chi connectivity index (χ4v) is 4.16. The average Bonchev–Trinajstić information content (AvgIpc) is 3.05. The molecule has 3 rings (SSSR count). The summed E-state index contributed by atoms with van der Waals surface area (Å²) in [6.07, 6.45) is 4.01. The Labute approximate surface area is 196 Å². The van der Waals surface area contributed by atoms with Gasteiger partial charge in [-0.3, -0.25) is 9.67 Å². The van der Waals surface area contributed by atoms with Gasteiger partial charge in [0.25, 0.3) is 0 Å². The van der Waals surface area contributed by atoms with E-state index in [1.807, 2.05) is 17.8 Å². The van der Waals surface area contributed by atoms with Gasteiger partial charge in [0.1, 0.15) is 5.82 Å². The van der Waals surface area contributed by atoms with Gasteiger partial charge in [-0.1, -0.05) is 19.9 Å². The fraction of sp³-hybridized carbons (Fsp3) is 0.545. The van der Waals surface area contributed by atoms with Crippen molar-refractivity contribution in [1.29, 1.82) is 0 Å². The molecular weight excluding hydrogens is 494 g/mol. The first-order chi connectivity index (χ1) is 14.0. The third-order valence-corrected chi connectivity index (χ3v) is 5.62. The van der Waals surface area contributed by atoms with Crippen LogP contribution in [0.25, 0.3) is 0 Å². The van der Waals surface area contributed by atoms with Gasteiger partial charge in [-0.2, -0.15) is 5.10 Å².